The zero-order chi connectivity index (χ0) is 10.8. The number of halogens is 1. The van der Waals surface area contributed by atoms with Crippen molar-refractivity contribution in [2.45, 2.75) is 12.5 Å². The molecule has 0 fully saturated rings. The van der Waals surface area contributed by atoms with Gasteiger partial charge in [0.2, 0.25) is 0 Å². The summed E-state index contributed by atoms with van der Waals surface area (Å²) in [5, 5.41) is 9.71. The first kappa shape index (κ1) is 10.6. The van der Waals surface area contributed by atoms with Gasteiger partial charge in [-0.05, 0) is 31.2 Å². The van der Waals surface area contributed by atoms with Gasteiger partial charge in [-0.3, -0.25) is 0 Å². The summed E-state index contributed by atoms with van der Waals surface area (Å²) in [6.07, 6.45) is -0.0952. The minimum absolute atomic E-state index is 0.446. The normalized spacial score (nSPS) is 13.3. The van der Waals surface area contributed by atoms with Gasteiger partial charge < -0.3 is 15.8 Å². The lowest BCUT2D eigenvalue weighted by atomic mass is 10.2. The number of nitrogens with two attached hydrogens (primary N) is 1. The monoisotopic (exact) mass is 269 g/mol. The van der Waals surface area contributed by atoms with Gasteiger partial charge >= 0.3 is 0 Å². The van der Waals surface area contributed by atoms with E-state index < -0.39 is 6.10 Å². The van der Waals surface area contributed by atoms with Crippen molar-refractivity contribution in [1.82, 2.24) is 9.97 Å². The maximum atomic E-state index is 9.71. The Balaban J connectivity index is 2.38. The second-order valence-corrected chi connectivity index (χ2v) is 4.29. The maximum Gasteiger partial charge on any atom is 0.136 e. The standard InChI is InChI=1S/C10H12BrN3O/c11-6-1-2-7-8(5-6)14-10(13-7)9(15)3-4-12/h1-2,5,9,15H,3-4,12H2,(H,13,14). The first-order chi connectivity index (χ1) is 7.20. The molecule has 0 saturated carbocycles. The van der Waals surface area contributed by atoms with Gasteiger partial charge in [0.25, 0.3) is 0 Å². The van der Waals surface area contributed by atoms with Crippen LogP contribution in [-0.2, 0) is 0 Å². The fraction of sp³-hybridized carbons (Fsp3) is 0.300. The number of nitrogens with zero attached hydrogens (tertiary/aromatic N) is 1. The molecule has 1 atom stereocenters. The number of aliphatic hydroxyl groups is 1. The minimum Gasteiger partial charge on any atom is -0.385 e. The molecule has 0 aliphatic rings. The highest BCUT2D eigenvalue weighted by Crippen LogP contribution is 2.21. The van der Waals surface area contributed by atoms with Gasteiger partial charge in [-0.25, -0.2) is 4.98 Å². The van der Waals surface area contributed by atoms with Crippen LogP contribution in [0.4, 0.5) is 0 Å². The molecule has 1 heterocycles. The van der Waals surface area contributed by atoms with Crippen LogP contribution in [0.5, 0.6) is 0 Å². The molecule has 1 aromatic heterocycles. The van der Waals surface area contributed by atoms with Crippen molar-refractivity contribution in [3.8, 4) is 0 Å². The lowest BCUT2D eigenvalue weighted by Gasteiger charge is -2.03. The summed E-state index contributed by atoms with van der Waals surface area (Å²) in [4.78, 5) is 7.36. The zero-order valence-electron chi connectivity index (χ0n) is 8.07. The van der Waals surface area contributed by atoms with Crippen molar-refractivity contribution in [2.24, 2.45) is 5.73 Å². The predicted octanol–water partition coefficient (Wildman–Crippen LogP) is 1.71. The molecular formula is C10H12BrN3O. The van der Waals surface area contributed by atoms with Crippen LogP contribution >= 0.6 is 15.9 Å². The summed E-state index contributed by atoms with van der Waals surface area (Å²) in [6.45, 7) is 0.446. The highest BCUT2D eigenvalue weighted by molar-refractivity contribution is 9.10. The number of hydrogen-bond donors (Lipinski definition) is 3. The molecule has 15 heavy (non-hydrogen) atoms. The Morgan fingerprint density at radius 2 is 2.33 bits per heavy atom. The molecule has 2 rings (SSSR count). The summed E-state index contributed by atoms with van der Waals surface area (Å²) < 4.78 is 0.985. The van der Waals surface area contributed by atoms with E-state index in [1.165, 1.54) is 0 Å². The predicted molar refractivity (Wildman–Crippen MR) is 62.4 cm³/mol. The molecule has 4 N–H and O–H groups in total. The van der Waals surface area contributed by atoms with E-state index in [0.29, 0.717) is 18.8 Å². The number of fused-ring (bicyclic) bond motifs is 1. The molecule has 1 aromatic carbocycles. The topological polar surface area (TPSA) is 74.9 Å². The molecule has 0 saturated heterocycles. The highest BCUT2D eigenvalue weighted by atomic mass is 79.9. The van der Waals surface area contributed by atoms with E-state index >= 15 is 0 Å². The van der Waals surface area contributed by atoms with Crippen LogP contribution in [0.25, 0.3) is 11.0 Å². The van der Waals surface area contributed by atoms with Gasteiger partial charge in [0.05, 0.1) is 11.0 Å². The Morgan fingerprint density at radius 3 is 3.07 bits per heavy atom. The Kier molecular flexibility index (Phi) is 3.04. The van der Waals surface area contributed by atoms with E-state index in [2.05, 4.69) is 25.9 Å². The first-order valence-electron chi connectivity index (χ1n) is 4.74. The molecule has 0 amide bonds. The molecule has 4 nitrogen and oxygen atoms in total. The van der Waals surface area contributed by atoms with Gasteiger partial charge in [0, 0.05) is 4.47 Å². The molecule has 5 heteroatoms. The number of H-pyrrole nitrogens is 1. The van der Waals surface area contributed by atoms with Crippen LogP contribution in [0.1, 0.15) is 18.3 Å². The number of rotatable bonds is 3. The Bertz CT molecular complexity index is 469. The summed E-state index contributed by atoms with van der Waals surface area (Å²) in [5.41, 5.74) is 7.14. The van der Waals surface area contributed by atoms with Crippen molar-refractivity contribution in [3.63, 3.8) is 0 Å². The number of benzene rings is 1. The lowest BCUT2D eigenvalue weighted by Crippen LogP contribution is -2.07. The average molecular weight is 270 g/mol. The Labute approximate surface area is 95.6 Å². The van der Waals surface area contributed by atoms with Crippen molar-refractivity contribution < 1.29 is 5.11 Å². The van der Waals surface area contributed by atoms with Gasteiger partial charge in [-0.1, -0.05) is 15.9 Å². The number of aromatic amines is 1. The second-order valence-electron chi connectivity index (χ2n) is 3.38. The summed E-state index contributed by atoms with van der Waals surface area (Å²) in [5.74, 6) is 0.577. The van der Waals surface area contributed by atoms with E-state index in [4.69, 9.17) is 5.73 Å². The number of hydrogen-bond acceptors (Lipinski definition) is 3. The second kappa shape index (κ2) is 4.30. The maximum absolute atomic E-state index is 9.71. The van der Waals surface area contributed by atoms with Crippen LogP contribution in [-0.4, -0.2) is 21.6 Å². The van der Waals surface area contributed by atoms with Gasteiger partial charge in [0.15, 0.2) is 0 Å². The van der Waals surface area contributed by atoms with E-state index in [9.17, 15) is 5.11 Å². The van der Waals surface area contributed by atoms with Crippen LogP contribution < -0.4 is 5.73 Å². The number of nitrogens with one attached hydrogen (secondary N) is 1. The fourth-order valence-electron chi connectivity index (χ4n) is 1.45. The Morgan fingerprint density at radius 1 is 1.53 bits per heavy atom. The third-order valence-electron chi connectivity index (χ3n) is 2.22. The minimum atomic E-state index is -0.610. The van der Waals surface area contributed by atoms with E-state index in [1.807, 2.05) is 18.2 Å². The molecule has 0 spiro atoms. The number of aromatic nitrogens is 2. The third kappa shape index (κ3) is 2.19. The number of imidazole rings is 1. The van der Waals surface area contributed by atoms with Gasteiger partial charge in [-0.15, -0.1) is 0 Å². The molecule has 0 radical (unpaired) electrons. The van der Waals surface area contributed by atoms with Crippen molar-refractivity contribution >= 4 is 27.0 Å². The quantitative estimate of drug-likeness (QED) is 0.794. The fourth-order valence-corrected chi connectivity index (χ4v) is 1.82. The van der Waals surface area contributed by atoms with Gasteiger partial charge in [0.1, 0.15) is 11.9 Å². The van der Waals surface area contributed by atoms with Crippen molar-refractivity contribution in [3.05, 3.63) is 28.5 Å². The summed E-state index contributed by atoms with van der Waals surface area (Å²) >= 11 is 3.38. The molecule has 0 bridgehead atoms. The van der Waals surface area contributed by atoms with Crippen molar-refractivity contribution in [2.75, 3.05) is 6.54 Å². The van der Waals surface area contributed by atoms with E-state index in [-0.39, 0.29) is 0 Å². The zero-order valence-corrected chi connectivity index (χ0v) is 9.66. The molecule has 80 valence electrons. The van der Waals surface area contributed by atoms with E-state index in [1.54, 1.807) is 0 Å². The van der Waals surface area contributed by atoms with Crippen LogP contribution in [0.15, 0.2) is 22.7 Å². The smallest absolute Gasteiger partial charge is 0.136 e. The molecule has 2 aromatic rings. The largest absolute Gasteiger partial charge is 0.385 e. The van der Waals surface area contributed by atoms with Gasteiger partial charge in [-0.2, -0.15) is 0 Å². The number of aliphatic hydroxyl groups excluding tert-OH is 1. The average Bonchev–Trinajstić information content (AvgIpc) is 2.60. The van der Waals surface area contributed by atoms with E-state index in [0.717, 1.165) is 15.5 Å². The molecule has 0 aliphatic carbocycles. The van der Waals surface area contributed by atoms with Crippen LogP contribution in [0.3, 0.4) is 0 Å². The third-order valence-corrected chi connectivity index (χ3v) is 2.71. The van der Waals surface area contributed by atoms with Crippen LogP contribution in [0.2, 0.25) is 0 Å². The molecule has 1 unspecified atom stereocenters. The summed E-state index contributed by atoms with van der Waals surface area (Å²) in [6, 6.07) is 5.75. The molecular weight excluding hydrogens is 258 g/mol. The van der Waals surface area contributed by atoms with Crippen LogP contribution in [0, 0.1) is 0 Å². The molecule has 0 aliphatic heterocycles. The summed E-state index contributed by atoms with van der Waals surface area (Å²) in [7, 11) is 0. The first-order valence-corrected chi connectivity index (χ1v) is 5.53. The SMILES string of the molecule is NCCC(O)c1nc2ccc(Br)cc2[nH]1. The van der Waals surface area contributed by atoms with Crippen molar-refractivity contribution in [1.29, 1.82) is 0 Å². The lowest BCUT2D eigenvalue weighted by molar-refractivity contribution is 0.162. The Hall–Kier alpha value is -0.910. The highest BCUT2D eigenvalue weighted by Gasteiger charge is 2.11.